The fourth-order valence-corrected chi connectivity index (χ4v) is 2.70. The van der Waals surface area contributed by atoms with Crippen LogP contribution in [0.5, 0.6) is 0 Å². The monoisotopic (exact) mass is 284 g/mol. The van der Waals surface area contributed by atoms with Gasteiger partial charge in [-0.05, 0) is 24.3 Å². The summed E-state index contributed by atoms with van der Waals surface area (Å²) in [5.74, 6) is -1.05. The van der Waals surface area contributed by atoms with E-state index in [0.717, 1.165) is 12.8 Å². The lowest BCUT2D eigenvalue weighted by molar-refractivity contribution is -0.139. The van der Waals surface area contributed by atoms with Crippen molar-refractivity contribution in [1.82, 2.24) is 10.2 Å². The lowest BCUT2D eigenvalue weighted by Crippen LogP contribution is -2.45. The van der Waals surface area contributed by atoms with Gasteiger partial charge in [-0.3, -0.25) is 0 Å². The highest BCUT2D eigenvalue weighted by Crippen LogP contribution is 2.19. The summed E-state index contributed by atoms with van der Waals surface area (Å²) in [6.07, 6.45) is 1.69. The Hall–Kier alpha value is -1.56. The molecular weight excluding hydrogens is 264 g/mol. The molecule has 0 saturated carbocycles. The third-order valence-corrected chi connectivity index (χ3v) is 4.09. The molecule has 0 fully saturated rings. The van der Waals surface area contributed by atoms with Crippen molar-refractivity contribution in [3.63, 3.8) is 0 Å². The lowest BCUT2D eigenvalue weighted by Gasteiger charge is -2.27. The first kappa shape index (κ1) is 15.5. The molecule has 1 atom stereocenters. The second kappa shape index (κ2) is 7.13. The molecule has 106 valence electrons. The van der Waals surface area contributed by atoms with Gasteiger partial charge >= 0.3 is 12.0 Å². The van der Waals surface area contributed by atoms with E-state index < -0.39 is 12.0 Å². The second-order valence-electron chi connectivity index (χ2n) is 4.32. The molecule has 1 rings (SSSR count). The molecule has 5 nitrogen and oxygen atoms in total. The Kier molecular flexibility index (Phi) is 5.82. The number of aliphatic carboxylic acids is 1. The number of nitrogens with one attached hydrogen (secondary N) is 1. The van der Waals surface area contributed by atoms with Gasteiger partial charge < -0.3 is 15.3 Å². The number of carboxylic acids is 1. The Morgan fingerprint density at radius 2 is 2.05 bits per heavy atom. The molecule has 1 aromatic heterocycles. The van der Waals surface area contributed by atoms with Gasteiger partial charge in [-0.2, -0.15) is 0 Å². The Morgan fingerprint density at radius 1 is 1.42 bits per heavy atom. The van der Waals surface area contributed by atoms with Crippen LogP contribution in [0.1, 0.15) is 37.6 Å². The van der Waals surface area contributed by atoms with E-state index in [0.29, 0.717) is 4.88 Å². The molecule has 0 radical (unpaired) electrons. The molecule has 1 aromatic rings. The maximum atomic E-state index is 12.1. The van der Waals surface area contributed by atoms with Gasteiger partial charge in [0.1, 0.15) is 0 Å². The average molecular weight is 284 g/mol. The molecule has 0 spiro atoms. The molecule has 0 aliphatic rings. The highest BCUT2D eigenvalue weighted by Gasteiger charge is 2.26. The van der Waals surface area contributed by atoms with Crippen molar-refractivity contribution in [2.75, 3.05) is 7.05 Å². The molecule has 0 saturated heterocycles. The summed E-state index contributed by atoms with van der Waals surface area (Å²) in [4.78, 5) is 25.5. The van der Waals surface area contributed by atoms with Gasteiger partial charge in [-0.15, -0.1) is 11.3 Å². The number of carboxylic acid groups (broad SMARTS) is 1. The van der Waals surface area contributed by atoms with Crippen LogP contribution in [0.2, 0.25) is 0 Å². The van der Waals surface area contributed by atoms with Crippen molar-refractivity contribution in [2.45, 2.75) is 38.8 Å². The normalized spacial score (nSPS) is 12.2. The Labute approximate surface area is 117 Å². The number of thiophene rings is 1. The quantitative estimate of drug-likeness (QED) is 0.844. The number of hydrogen-bond donors (Lipinski definition) is 2. The summed E-state index contributed by atoms with van der Waals surface area (Å²) in [6, 6.07) is 2.27. The van der Waals surface area contributed by atoms with Crippen molar-refractivity contribution >= 4 is 23.3 Å². The van der Waals surface area contributed by atoms with Crippen LogP contribution >= 0.6 is 11.3 Å². The predicted octanol–water partition coefficient (Wildman–Crippen LogP) is 2.70. The third-order valence-electron chi connectivity index (χ3n) is 3.15. The van der Waals surface area contributed by atoms with Crippen molar-refractivity contribution in [3.05, 3.63) is 22.4 Å². The number of rotatable bonds is 6. The van der Waals surface area contributed by atoms with Crippen LogP contribution < -0.4 is 5.32 Å². The molecule has 1 unspecified atom stereocenters. The van der Waals surface area contributed by atoms with E-state index in [-0.39, 0.29) is 12.1 Å². The molecule has 0 aliphatic heterocycles. The largest absolute Gasteiger partial charge is 0.479 e. The first-order valence-electron chi connectivity index (χ1n) is 6.30. The first-order valence-corrected chi connectivity index (χ1v) is 7.18. The van der Waals surface area contributed by atoms with Crippen LogP contribution in [-0.2, 0) is 4.79 Å². The fourth-order valence-electron chi connectivity index (χ4n) is 1.94. The number of amides is 2. The van der Waals surface area contributed by atoms with E-state index in [2.05, 4.69) is 5.32 Å². The zero-order valence-electron chi connectivity index (χ0n) is 11.4. The molecule has 2 N–H and O–H groups in total. The zero-order chi connectivity index (χ0) is 14.4. The number of carbonyl (C=O) groups excluding carboxylic acids is 1. The fraction of sp³-hybridized carbons (Fsp3) is 0.538. The number of hydrogen-bond acceptors (Lipinski definition) is 3. The highest BCUT2D eigenvalue weighted by molar-refractivity contribution is 7.10. The van der Waals surface area contributed by atoms with E-state index >= 15 is 0 Å². The molecular formula is C13H20N2O3S. The Bertz CT molecular complexity index is 416. The SMILES string of the molecule is CCC(CC)N(C)C(=O)NC(C(=O)O)c1cccs1. The Morgan fingerprint density at radius 3 is 2.47 bits per heavy atom. The molecule has 6 heteroatoms. The summed E-state index contributed by atoms with van der Waals surface area (Å²) in [5.41, 5.74) is 0. The standard InChI is InChI=1S/C13H20N2O3S/c1-4-9(5-2)15(3)13(18)14-11(12(16)17)10-7-6-8-19-10/h6-9,11H,4-5H2,1-3H3,(H,14,18)(H,16,17). The third kappa shape index (κ3) is 3.96. The molecule has 0 aromatic carbocycles. The zero-order valence-corrected chi connectivity index (χ0v) is 12.2. The Balaban J connectivity index is 2.75. The summed E-state index contributed by atoms with van der Waals surface area (Å²) in [5, 5.41) is 13.6. The average Bonchev–Trinajstić information content (AvgIpc) is 2.90. The summed E-state index contributed by atoms with van der Waals surface area (Å²) < 4.78 is 0. The maximum absolute atomic E-state index is 12.1. The van der Waals surface area contributed by atoms with Gasteiger partial charge in [0.15, 0.2) is 6.04 Å². The lowest BCUT2D eigenvalue weighted by atomic mass is 10.1. The van der Waals surface area contributed by atoms with Crippen LogP contribution in [0.25, 0.3) is 0 Å². The minimum absolute atomic E-state index is 0.123. The minimum atomic E-state index is -1.05. The molecule has 2 amide bonds. The van der Waals surface area contributed by atoms with Gasteiger partial charge in [0.2, 0.25) is 0 Å². The van der Waals surface area contributed by atoms with E-state index in [1.54, 1.807) is 29.5 Å². The number of carbonyl (C=O) groups is 2. The summed E-state index contributed by atoms with van der Waals surface area (Å²) in [7, 11) is 1.69. The van der Waals surface area contributed by atoms with E-state index in [1.807, 2.05) is 13.8 Å². The smallest absolute Gasteiger partial charge is 0.331 e. The number of urea groups is 1. The van der Waals surface area contributed by atoms with E-state index in [9.17, 15) is 14.7 Å². The van der Waals surface area contributed by atoms with Gasteiger partial charge in [0, 0.05) is 18.0 Å². The van der Waals surface area contributed by atoms with Crippen LogP contribution in [0.15, 0.2) is 17.5 Å². The van der Waals surface area contributed by atoms with Gasteiger partial charge in [-0.1, -0.05) is 19.9 Å². The van der Waals surface area contributed by atoms with E-state index in [1.165, 1.54) is 11.3 Å². The highest BCUT2D eigenvalue weighted by atomic mass is 32.1. The summed E-state index contributed by atoms with van der Waals surface area (Å²) in [6.45, 7) is 4.01. The van der Waals surface area contributed by atoms with Crippen molar-refractivity contribution < 1.29 is 14.7 Å². The van der Waals surface area contributed by atoms with Crippen molar-refractivity contribution in [3.8, 4) is 0 Å². The first-order chi connectivity index (χ1) is 9.01. The molecule has 19 heavy (non-hydrogen) atoms. The van der Waals surface area contributed by atoms with Gasteiger partial charge in [0.25, 0.3) is 0 Å². The van der Waals surface area contributed by atoms with E-state index in [4.69, 9.17) is 0 Å². The van der Waals surface area contributed by atoms with Crippen molar-refractivity contribution in [1.29, 1.82) is 0 Å². The topological polar surface area (TPSA) is 69.6 Å². The van der Waals surface area contributed by atoms with Gasteiger partial charge in [-0.25, -0.2) is 9.59 Å². The van der Waals surface area contributed by atoms with Crippen LogP contribution in [0, 0.1) is 0 Å². The number of nitrogens with zero attached hydrogens (tertiary/aromatic N) is 1. The maximum Gasteiger partial charge on any atom is 0.331 e. The summed E-state index contributed by atoms with van der Waals surface area (Å²) >= 11 is 1.32. The van der Waals surface area contributed by atoms with Crippen molar-refractivity contribution in [2.24, 2.45) is 0 Å². The van der Waals surface area contributed by atoms with Crippen LogP contribution in [0.3, 0.4) is 0 Å². The molecule has 0 aliphatic carbocycles. The van der Waals surface area contributed by atoms with Crippen LogP contribution in [0.4, 0.5) is 4.79 Å². The van der Waals surface area contributed by atoms with Crippen LogP contribution in [-0.4, -0.2) is 35.1 Å². The predicted molar refractivity (Wildman–Crippen MR) is 75.4 cm³/mol. The second-order valence-corrected chi connectivity index (χ2v) is 5.30. The van der Waals surface area contributed by atoms with Gasteiger partial charge in [0.05, 0.1) is 0 Å². The molecule has 0 bridgehead atoms. The molecule has 1 heterocycles. The minimum Gasteiger partial charge on any atom is -0.479 e.